The lowest BCUT2D eigenvalue weighted by Gasteiger charge is -2.12. The quantitative estimate of drug-likeness (QED) is 0.602. The van der Waals surface area contributed by atoms with Crippen molar-refractivity contribution in [2.45, 2.75) is 20.0 Å². The molecule has 0 fully saturated rings. The van der Waals surface area contributed by atoms with Crippen LogP contribution in [-0.4, -0.2) is 25.6 Å². The van der Waals surface area contributed by atoms with Crippen molar-refractivity contribution in [3.05, 3.63) is 72.1 Å². The third kappa shape index (κ3) is 8.53. The second-order valence-corrected chi connectivity index (χ2v) is 5.15. The van der Waals surface area contributed by atoms with Crippen LogP contribution in [0.3, 0.4) is 0 Å². The van der Waals surface area contributed by atoms with Gasteiger partial charge in [0.05, 0.1) is 0 Å². The molecule has 0 saturated carbocycles. The van der Waals surface area contributed by atoms with Gasteiger partial charge in [0, 0.05) is 24.4 Å². The van der Waals surface area contributed by atoms with Gasteiger partial charge in [-0.2, -0.15) is 0 Å². The predicted molar refractivity (Wildman–Crippen MR) is 98.5 cm³/mol. The van der Waals surface area contributed by atoms with Crippen LogP contribution in [0.5, 0.6) is 0 Å². The van der Waals surface area contributed by atoms with Gasteiger partial charge in [-0.15, -0.1) is 0 Å². The van der Waals surface area contributed by atoms with Crippen LogP contribution < -0.4 is 16.0 Å². The Morgan fingerprint density at radius 3 is 2.52 bits per heavy atom. The van der Waals surface area contributed by atoms with E-state index in [-0.39, 0.29) is 12.5 Å². The third-order valence-corrected chi connectivity index (χ3v) is 3.07. The summed E-state index contributed by atoms with van der Waals surface area (Å²) in [6.07, 6.45) is 4.61. The molecule has 0 radical (unpaired) electrons. The Bertz CT molecular complexity index is 637. The van der Waals surface area contributed by atoms with E-state index < -0.39 is 6.09 Å². The average molecular weight is 343 g/mol. The van der Waals surface area contributed by atoms with E-state index in [1.807, 2.05) is 30.3 Å². The molecule has 0 bridgehead atoms. The molecule has 2 amide bonds. The van der Waals surface area contributed by atoms with Gasteiger partial charge in [-0.1, -0.05) is 49.9 Å². The second kappa shape index (κ2) is 11.6. The Morgan fingerprint density at radius 2 is 1.92 bits per heavy atom. The summed E-state index contributed by atoms with van der Waals surface area (Å²) in [5.74, 6) is -0.105. The molecule has 0 aliphatic carbocycles. The highest BCUT2D eigenvalue weighted by Crippen LogP contribution is 2.03. The standard InChI is InChI=1S/C19H25N3O3/c1-4-9-16(12-17(13-20-3)21-18(23)5-2)22-19(24)25-14-15-10-7-6-8-11-15/h4,6-12,20H,1,5,13-14H2,2-3H3,(H,21,23)(H,22,24)/b16-9+,17-12+. The average Bonchev–Trinajstić information content (AvgIpc) is 2.61. The molecule has 1 rings (SSSR count). The maximum atomic E-state index is 12.0. The van der Waals surface area contributed by atoms with Crippen molar-refractivity contribution in [1.82, 2.24) is 16.0 Å². The van der Waals surface area contributed by atoms with E-state index in [1.54, 1.807) is 32.2 Å². The van der Waals surface area contributed by atoms with E-state index in [9.17, 15) is 9.59 Å². The van der Waals surface area contributed by atoms with Crippen LogP contribution >= 0.6 is 0 Å². The van der Waals surface area contributed by atoms with Gasteiger partial charge in [0.1, 0.15) is 6.61 Å². The van der Waals surface area contributed by atoms with Gasteiger partial charge in [-0.25, -0.2) is 4.79 Å². The SMILES string of the molecule is C=C/C=C(\C=C(/CNC)NC(=O)CC)NC(=O)OCc1ccccc1. The lowest BCUT2D eigenvalue weighted by molar-refractivity contribution is -0.120. The lowest BCUT2D eigenvalue weighted by atomic mass is 10.2. The van der Waals surface area contributed by atoms with E-state index >= 15 is 0 Å². The smallest absolute Gasteiger partial charge is 0.411 e. The van der Waals surface area contributed by atoms with Gasteiger partial charge in [0.25, 0.3) is 0 Å². The Labute approximate surface area is 148 Å². The number of benzene rings is 1. The number of carbonyl (C=O) groups is 2. The number of rotatable bonds is 9. The first kappa shape index (κ1) is 20.2. The first-order chi connectivity index (χ1) is 12.1. The first-order valence-electron chi connectivity index (χ1n) is 8.04. The van der Waals surface area contributed by atoms with Crippen molar-refractivity contribution in [3.8, 4) is 0 Å². The molecule has 6 heteroatoms. The molecule has 0 aliphatic heterocycles. The van der Waals surface area contributed by atoms with Crippen molar-refractivity contribution < 1.29 is 14.3 Å². The van der Waals surface area contributed by atoms with E-state index in [0.29, 0.717) is 24.4 Å². The van der Waals surface area contributed by atoms with E-state index in [1.165, 1.54) is 0 Å². The van der Waals surface area contributed by atoms with Crippen molar-refractivity contribution in [2.75, 3.05) is 13.6 Å². The molecule has 3 N–H and O–H groups in total. The highest BCUT2D eigenvalue weighted by atomic mass is 16.5. The molecule has 0 unspecified atom stereocenters. The molecule has 0 heterocycles. The number of ether oxygens (including phenoxy) is 1. The number of likely N-dealkylation sites (N-methyl/N-ethyl adjacent to an activating group) is 1. The molecular formula is C19H25N3O3. The fourth-order valence-electron chi connectivity index (χ4n) is 1.91. The summed E-state index contributed by atoms with van der Waals surface area (Å²) in [6, 6.07) is 9.40. The summed E-state index contributed by atoms with van der Waals surface area (Å²) >= 11 is 0. The van der Waals surface area contributed by atoms with Crippen LogP contribution in [0.15, 0.2) is 66.5 Å². The Balaban J connectivity index is 2.72. The maximum absolute atomic E-state index is 12.0. The van der Waals surface area contributed by atoms with Crippen molar-refractivity contribution in [1.29, 1.82) is 0 Å². The van der Waals surface area contributed by atoms with Crippen LogP contribution in [0.4, 0.5) is 4.79 Å². The Hall–Kier alpha value is -2.86. The molecule has 25 heavy (non-hydrogen) atoms. The van der Waals surface area contributed by atoms with Gasteiger partial charge >= 0.3 is 6.09 Å². The molecule has 1 aromatic rings. The lowest BCUT2D eigenvalue weighted by Crippen LogP contribution is -2.29. The largest absolute Gasteiger partial charge is 0.444 e. The zero-order valence-electron chi connectivity index (χ0n) is 14.7. The number of allylic oxidation sites excluding steroid dienone is 3. The highest BCUT2D eigenvalue weighted by Gasteiger charge is 2.07. The van der Waals surface area contributed by atoms with Gasteiger partial charge in [0.2, 0.25) is 5.91 Å². The number of hydrogen-bond acceptors (Lipinski definition) is 4. The maximum Gasteiger partial charge on any atom is 0.411 e. The summed E-state index contributed by atoms with van der Waals surface area (Å²) in [6.45, 7) is 6.02. The van der Waals surface area contributed by atoms with Crippen LogP contribution in [0.1, 0.15) is 18.9 Å². The Kier molecular flexibility index (Phi) is 9.40. The molecule has 0 atom stereocenters. The summed E-state index contributed by atoms with van der Waals surface area (Å²) in [4.78, 5) is 23.6. The minimum Gasteiger partial charge on any atom is -0.444 e. The number of amides is 2. The molecule has 0 aliphatic rings. The van der Waals surface area contributed by atoms with Crippen LogP contribution in [-0.2, 0) is 16.1 Å². The number of nitrogens with one attached hydrogen (secondary N) is 3. The van der Waals surface area contributed by atoms with E-state index in [2.05, 4.69) is 22.5 Å². The summed E-state index contributed by atoms with van der Waals surface area (Å²) in [5.41, 5.74) is 1.99. The van der Waals surface area contributed by atoms with Crippen LogP contribution in [0.2, 0.25) is 0 Å². The zero-order chi connectivity index (χ0) is 18.5. The fourth-order valence-corrected chi connectivity index (χ4v) is 1.91. The monoisotopic (exact) mass is 343 g/mol. The highest BCUT2D eigenvalue weighted by molar-refractivity contribution is 5.77. The van der Waals surface area contributed by atoms with Gasteiger partial charge < -0.3 is 15.4 Å². The third-order valence-electron chi connectivity index (χ3n) is 3.07. The summed E-state index contributed by atoms with van der Waals surface area (Å²) < 4.78 is 5.19. The second-order valence-electron chi connectivity index (χ2n) is 5.15. The van der Waals surface area contributed by atoms with Gasteiger partial charge in [-0.3, -0.25) is 10.1 Å². The minimum atomic E-state index is -0.584. The minimum absolute atomic E-state index is 0.105. The molecule has 1 aromatic carbocycles. The normalized spacial score (nSPS) is 11.6. The zero-order valence-corrected chi connectivity index (χ0v) is 14.7. The van der Waals surface area contributed by atoms with Crippen LogP contribution in [0, 0.1) is 0 Å². The first-order valence-corrected chi connectivity index (χ1v) is 8.04. The molecule has 0 spiro atoms. The van der Waals surface area contributed by atoms with Crippen molar-refractivity contribution >= 4 is 12.0 Å². The summed E-state index contributed by atoms with van der Waals surface area (Å²) in [5, 5.41) is 8.39. The van der Waals surface area contributed by atoms with E-state index in [0.717, 1.165) is 5.56 Å². The predicted octanol–water partition coefficient (Wildman–Crippen LogP) is 2.61. The summed E-state index contributed by atoms with van der Waals surface area (Å²) in [7, 11) is 1.77. The number of alkyl carbamates (subject to hydrolysis) is 1. The van der Waals surface area contributed by atoms with Crippen molar-refractivity contribution in [2.24, 2.45) is 0 Å². The Morgan fingerprint density at radius 1 is 1.20 bits per heavy atom. The van der Waals surface area contributed by atoms with Crippen molar-refractivity contribution in [3.63, 3.8) is 0 Å². The molecular weight excluding hydrogens is 318 g/mol. The molecule has 0 saturated heterocycles. The van der Waals surface area contributed by atoms with Gasteiger partial charge in [0.15, 0.2) is 0 Å². The molecule has 134 valence electrons. The van der Waals surface area contributed by atoms with Gasteiger partial charge in [-0.05, 0) is 24.8 Å². The number of hydrogen-bond donors (Lipinski definition) is 3. The molecule has 6 nitrogen and oxygen atoms in total. The van der Waals surface area contributed by atoms with E-state index in [4.69, 9.17) is 4.74 Å². The fraction of sp³-hybridized carbons (Fsp3) is 0.263. The topological polar surface area (TPSA) is 79.5 Å². The molecule has 0 aromatic heterocycles. The number of carbonyl (C=O) groups excluding carboxylic acids is 2. The van der Waals surface area contributed by atoms with Crippen LogP contribution in [0.25, 0.3) is 0 Å².